The van der Waals surface area contributed by atoms with Crippen LogP contribution in [0.3, 0.4) is 0 Å². The minimum absolute atomic E-state index is 0.236. The highest BCUT2D eigenvalue weighted by atomic mass is 32.1. The average molecular weight is 362 g/mol. The normalized spacial score (nSPS) is 26.3. The Balaban J connectivity index is 1.58. The highest BCUT2D eigenvalue weighted by Crippen LogP contribution is 2.47. The molecule has 1 fully saturated rings. The van der Waals surface area contributed by atoms with Crippen molar-refractivity contribution in [2.24, 2.45) is 0 Å². The van der Waals surface area contributed by atoms with Crippen molar-refractivity contribution in [2.45, 2.75) is 63.0 Å². The van der Waals surface area contributed by atoms with Gasteiger partial charge in [0.25, 0.3) is 0 Å². The van der Waals surface area contributed by atoms with E-state index in [0.29, 0.717) is 12.0 Å². The second-order valence-electron chi connectivity index (χ2n) is 7.56. The standard InChI is InChI=1S/C19H27N3O2S/c1-22(2)13-4-6-14(7-5-13)24-18-17-16-12(9-10-23)3-8-15(16)25-19(17)21-11-20-18/h11-14,23H,3-10H2,1-2H3/t12?,13-,14-. The molecule has 5 nitrogen and oxygen atoms in total. The van der Waals surface area contributed by atoms with Crippen LogP contribution < -0.4 is 4.74 Å². The second kappa shape index (κ2) is 7.17. The maximum atomic E-state index is 9.40. The average Bonchev–Trinajstić information content (AvgIpc) is 3.16. The van der Waals surface area contributed by atoms with Crippen LogP contribution in [0.4, 0.5) is 0 Å². The first-order valence-electron chi connectivity index (χ1n) is 9.37. The van der Waals surface area contributed by atoms with Gasteiger partial charge in [-0.05, 0) is 70.5 Å². The van der Waals surface area contributed by atoms with Crippen LogP contribution in [0.15, 0.2) is 6.33 Å². The molecule has 1 N–H and O–H groups in total. The van der Waals surface area contributed by atoms with Gasteiger partial charge in [0.1, 0.15) is 17.3 Å². The van der Waals surface area contributed by atoms with Crippen molar-refractivity contribution < 1.29 is 9.84 Å². The molecule has 1 saturated carbocycles. The van der Waals surface area contributed by atoms with Crippen molar-refractivity contribution in [1.82, 2.24) is 14.9 Å². The summed E-state index contributed by atoms with van der Waals surface area (Å²) < 4.78 is 6.38. The molecule has 2 aliphatic rings. The molecule has 4 rings (SSSR count). The number of ether oxygens (including phenoxy) is 1. The van der Waals surface area contributed by atoms with Crippen LogP contribution in [0.2, 0.25) is 0 Å². The minimum Gasteiger partial charge on any atom is -0.474 e. The van der Waals surface area contributed by atoms with Crippen LogP contribution in [-0.4, -0.2) is 52.8 Å². The number of rotatable bonds is 5. The molecule has 2 aromatic rings. The fourth-order valence-corrected chi connectivity index (χ4v) is 5.64. The summed E-state index contributed by atoms with van der Waals surface area (Å²) in [6.07, 6.45) is 9.46. The van der Waals surface area contributed by atoms with Crippen molar-refractivity contribution in [1.29, 1.82) is 0 Å². The maximum absolute atomic E-state index is 9.40. The molecule has 2 heterocycles. The largest absolute Gasteiger partial charge is 0.474 e. The fourth-order valence-electron chi connectivity index (χ4n) is 4.41. The molecule has 0 amide bonds. The first-order valence-corrected chi connectivity index (χ1v) is 10.2. The first kappa shape index (κ1) is 17.2. The van der Waals surface area contributed by atoms with Crippen LogP contribution in [0.25, 0.3) is 10.2 Å². The predicted molar refractivity (Wildman–Crippen MR) is 101 cm³/mol. The summed E-state index contributed by atoms with van der Waals surface area (Å²) in [5.74, 6) is 1.19. The number of aryl methyl sites for hydroxylation is 1. The third kappa shape index (κ3) is 3.27. The molecular formula is C19H27N3O2S. The Bertz CT molecular complexity index is 738. The predicted octanol–water partition coefficient (Wildman–Crippen LogP) is 3.36. The van der Waals surface area contributed by atoms with Crippen molar-refractivity contribution >= 4 is 21.6 Å². The van der Waals surface area contributed by atoms with Crippen molar-refractivity contribution in [3.8, 4) is 5.88 Å². The zero-order valence-corrected chi connectivity index (χ0v) is 15.9. The van der Waals surface area contributed by atoms with E-state index in [-0.39, 0.29) is 12.7 Å². The molecule has 1 unspecified atom stereocenters. The maximum Gasteiger partial charge on any atom is 0.225 e. The number of aliphatic hydroxyl groups is 1. The molecule has 2 aliphatic carbocycles. The van der Waals surface area contributed by atoms with Gasteiger partial charge in [0.15, 0.2) is 0 Å². The Kier molecular flexibility index (Phi) is 4.93. The number of hydrogen-bond donors (Lipinski definition) is 1. The van der Waals surface area contributed by atoms with Crippen molar-refractivity contribution in [2.75, 3.05) is 20.7 Å². The summed E-state index contributed by atoms with van der Waals surface area (Å²) in [6, 6.07) is 0.671. The Morgan fingerprint density at radius 1 is 1.20 bits per heavy atom. The van der Waals surface area contributed by atoms with E-state index in [2.05, 4.69) is 29.0 Å². The zero-order valence-electron chi connectivity index (χ0n) is 15.1. The SMILES string of the molecule is CN(C)[C@H]1CC[C@H](Oc2ncnc3sc4c(c23)C(CCO)CC4)CC1. The molecule has 0 aromatic carbocycles. The molecular weight excluding hydrogens is 334 g/mol. The van der Waals surface area contributed by atoms with Gasteiger partial charge >= 0.3 is 0 Å². The number of thiophene rings is 1. The molecule has 0 radical (unpaired) electrons. The lowest BCUT2D eigenvalue weighted by atomic mass is 9.92. The summed E-state index contributed by atoms with van der Waals surface area (Å²) in [5, 5.41) is 10.5. The van der Waals surface area contributed by atoms with Crippen LogP contribution in [0.5, 0.6) is 5.88 Å². The van der Waals surface area contributed by atoms with Gasteiger partial charge in [-0.2, -0.15) is 0 Å². The molecule has 0 saturated heterocycles. The van der Waals surface area contributed by atoms with Gasteiger partial charge in [0, 0.05) is 17.5 Å². The van der Waals surface area contributed by atoms with Crippen LogP contribution >= 0.6 is 11.3 Å². The van der Waals surface area contributed by atoms with Gasteiger partial charge in [0.2, 0.25) is 5.88 Å². The molecule has 25 heavy (non-hydrogen) atoms. The molecule has 2 aromatic heterocycles. The van der Waals surface area contributed by atoms with Gasteiger partial charge in [-0.15, -0.1) is 11.3 Å². The zero-order chi connectivity index (χ0) is 17.4. The smallest absolute Gasteiger partial charge is 0.225 e. The highest BCUT2D eigenvalue weighted by Gasteiger charge is 2.31. The Morgan fingerprint density at radius 3 is 2.72 bits per heavy atom. The van der Waals surface area contributed by atoms with Gasteiger partial charge in [-0.3, -0.25) is 0 Å². The van der Waals surface area contributed by atoms with Crippen LogP contribution in [0, 0.1) is 0 Å². The molecule has 0 bridgehead atoms. The van der Waals surface area contributed by atoms with E-state index in [4.69, 9.17) is 4.74 Å². The van der Waals surface area contributed by atoms with E-state index >= 15 is 0 Å². The van der Waals surface area contributed by atoms with E-state index in [9.17, 15) is 5.11 Å². The van der Waals surface area contributed by atoms with Gasteiger partial charge in [0.05, 0.1) is 5.39 Å². The molecule has 0 spiro atoms. The number of aromatic nitrogens is 2. The highest BCUT2D eigenvalue weighted by molar-refractivity contribution is 7.19. The van der Waals surface area contributed by atoms with Gasteiger partial charge < -0.3 is 14.7 Å². The van der Waals surface area contributed by atoms with Crippen molar-refractivity contribution in [3.63, 3.8) is 0 Å². The lowest BCUT2D eigenvalue weighted by Gasteiger charge is -2.32. The third-order valence-electron chi connectivity index (χ3n) is 5.83. The number of aliphatic hydroxyl groups excluding tert-OH is 1. The van der Waals surface area contributed by atoms with Crippen LogP contribution in [-0.2, 0) is 6.42 Å². The Hall–Kier alpha value is -1.24. The lowest BCUT2D eigenvalue weighted by molar-refractivity contribution is 0.108. The van der Waals surface area contributed by atoms with E-state index in [1.807, 2.05) is 0 Å². The Labute approximate surface area is 153 Å². The summed E-state index contributed by atoms with van der Waals surface area (Å²) >= 11 is 1.78. The fraction of sp³-hybridized carbons (Fsp3) is 0.684. The monoisotopic (exact) mass is 361 g/mol. The first-order chi connectivity index (χ1) is 12.2. The molecule has 1 atom stereocenters. The Morgan fingerprint density at radius 2 is 2.00 bits per heavy atom. The van der Waals surface area contributed by atoms with E-state index in [1.165, 1.54) is 23.3 Å². The van der Waals surface area contributed by atoms with Crippen LogP contribution in [0.1, 0.15) is 54.9 Å². The molecule has 136 valence electrons. The van der Waals surface area contributed by atoms with E-state index in [1.54, 1.807) is 17.7 Å². The summed E-state index contributed by atoms with van der Waals surface area (Å²) in [6.45, 7) is 0.236. The number of nitrogens with zero attached hydrogens (tertiary/aromatic N) is 3. The summed E-state index contributed by atoms with van der Waals surface area (Å²) in [4.78, 5) is 13.8. The minimum atomic E-state index is 0.236. The van der Waals surface area contributed by atoms with Crippen molar-refractivity contribution in [3.05, 3.63) is 16.8 Å². The summed E-state index contributed by atoms with van der Waals surface area (Å²) in [5.41, 5.74) is 1.35. The molecule has 6 heteroatoms. The second-order valence-corrected chi connectivity index (χ2v) is 8.64. The number of hydrogen-bond acceptors (Lipinski definition) is 6. The number of fused-ring (bicyclic) bond motifs is 3. The third-order valence-corrected chi connectivity index (χ3v) is 7.00. The summed E-state index contributed by atoms with van der Waals surface area (Å²) in [7, 11) is 4.32. The van der Waals surface area contributed by atoms with Gasteiger partial charge in [-0.25, -0.2) is 9.97 Å². The topological polar surface area (TPSA) is 58.5 Å². The quantitative estimate of drug-likeness (QED) is 0.885. The lowest BCUT2D eigenvalue weighted by Crippen LogP contribution is -2.35. The molecule has 0 aliphatic heterocycles. The van der Waals surface area contributed by atoms with E-state index < -0.39 is 0 Å². The van der Waals surface area contributed by atoms with Gasteiger partial charge in [-0.1, -0.05) is 0 Å². The van der Waals surface area contributed by atoms with E-state index in [0.717, 1.165) is 48.2 Å².